The summed E-state index contributed by atoms with van der Waals surface area (Å²) < 4.78 is 4.80. The average Bonchev–Trinajstić information content (AvgIpc) is 2.36. The van der Waals surface area contributed by atoms with Crippen LogP contribution in [0.25, 0.3) is 0 Å². The Hall–Kier alpha value is -2.30. The standard InChI is InChI=1S/C14H17NO4/c1-3-8-19-14(18)15-10(2)9-11-4-6-12(7-5-11)13(16)17/h3-7,10H,1,8-9H2,2H3,(H,15,18)(H,16,17). The predicted molar refractivity (Wildman–Crippen MR) is 71.2 cm³/mol. The molecule has 1 aromatic rings. The summed E-state index contributed by atoms with van der Waals surface area (Å²) in [5.41, 5.74) is 1.19. The number of carbonyl (C=O) groups excluding carboxylic acids is 1. The fourth-order valence-electron chi connectivity index (χ4n) is 1.57. The zero-order chi connectivity index (χ0) is 14.3. The highest BCUT2D eigenvalue weighted by Crippen LogP contribution is 2.07. The minimum Gasteiger partial charge on any atom is -0.478 e. The number of alkyl carbamates (subject to hydrolysis) is 1. The minimum atomic E-state index is -0.953. The van der Waals surface area contributed by atoms with E-state index in [1.54, 1.807) is 24.3 Å². The maximum atomic E-state index is 11.3. The Labute approximate surface area is 111 Å². The van der Waals surface area contributed by atoms with Crippen molar-refractivity contribution in [2.24, 2.45) is 0 Å². The predicted octanol–water partition coefficient (Wildman–Crippen LogP) is 2.23. The maximum absolute atomic E-state index is 11.3. The fraction of sp³-hybridized carbons (Fsp3) is 0.286. The molecule has 0 saturated heterocycles. The van der Waals surface area contributed by atoms with Gasteiger partial charge >= 0.3 is 12.1 Å². The first-order valence-corrected chi connectivity index (χ1v) is 5.89. The second kappa shape index (κ2) is 7.20. The molecule has 0 bridgehead atoms. The molecular weight excluding hydrogens is 246 g/mol. The van der Waals surface area contributed by atoms with Crippen LogP contribution >= 0.6 is 0 Å². The number of amides is 1. The highest BCUT2D eigenvalue weighted by molar-refractivity contribution is 5.87. The zero-order valence-corrected chi connectivity index (χ0v) is 10.8. The van der Waals surface area contributed by atoms with Gasteiger partial charge in [0.2, 0.25) is 0 Å². The number of ether oxygens (including phenoxy) is 1. The molecule has 0 spiro atoms. The lowest BCUT2D eigenvalue weighted by Crippen LogP contribution is -2.34. The molecule has 5 heteroatoms. The first-order chi connectivity index (χ1) is 9.02. The Bertz CT molecular complexity index is 453. The topological polar surface area (TPSA) is 75.6 Å². The molecule has 0 aliphatic heterocycles. The van der Waals surface area contributed by atoms with Crippen molar-refractivity contribution >= 4 is 12.1 Å². The van der Waals surface area contributed by atoms with Crippen molar-refractivity contribution in [3.05, 3.63) is 48.0 Å². The lowest BCUT2D eigenvalue weighted by molar-refractivity contribution is 0.0697. The van der Waals surface area contributed by atoms with E-state index in [4.69, 9.17) is 9.84 Å². The van der Waals surface area contributed by atoms with Crippen LogP contribution < -0.4 is 5.32 Å². The van der Waals surface area contributed by atoms with Crippen molar-refractivity contribution in [1.29, 1.82) is 0 Å². The van der Waals surface area contributed by atoms with E-state index >= 15 is 0 Å². The van der Waals surface area contributed by atoms with Crippen LogP contribution in [0.5, 0.6) is 0 Å². The Morgan fingerprint density at radius 1 is 1.42 bits per heavy atom. The van der Waals surface area contributed by atoms with E-state index in [2.05, 4.69) is 11.9 Å². The quantitative estimate of drug-likeness (QED) is 0.772. The molecule has 19 heavy (non-hydrogen) atoms. The summed E-state index contributed by atoms with van der Waals surface area (Å²) in [6.07, 6.45) is 1.60. The number of carbonyl (C=O) groups is 2. The van der Waals surface area contributed by atoms with Gasteiger partial charge in [-0.2, -0.15) is 0 Å². The Kier molecular flexibility index (Phi) is 5.60. The van der Waals surface area contributed by atoms with Crippen molar-refractivity contribution in [2.75, 3.05) is 6.61 Å². The first-order valence-electron chi connectivity index (χ1n) is 5.89. The van der Waals surface area contributed by atoms with Crippen molar-refractivity contribution in [3.63, 3.8) is 0 Å². The molecule has 1 unspecified atom stereocenters. The number of carboxylic acid groups (broad SMARTS) is 1. The van der Waals surface area contributed by atoms with Crippen LogP contribution in [0.1, 0.15) is 22.8 Å². The summed E-state index contributed by atoms with van der Waals surface area (Å²) in [5.74, 6) is -0.953. The van der Waals surface area contributed by atoms with E-state index in [1.807, 2.05) is 6.92 Å². The van der Waals surface area contributed by atoms with Gasteiger partial charge in [0.25, 0.3) is 0 Å². The number of carboxylic acids is 1. The second-order valence-electron chi connectivity index (χ2n) is 4.14. The number of benzene rings is 1. The lowest BCUT2D eigenvalue weighted by atomic mass is 10.1. The van der Waals surface area contributed by atoms with Gasteiger partial charge in [0, 0.05) is 6.04 Å². The fourth-order valence-corrected chi connectivity index (χ4v) is 1.57. The highest BCUT2D eigenvalue weighted by Gasteiger charge is 2.09. The molecule has 0 saturated carbocycles. The Balaban J connectivity index is 2.47. The molecule has 0 aliphatic carbocycles. The highest BCUT2D eigenvalue weighted by atomic mass is 16.5. The lowest BCUT2D eigenvalue weighted by Gasteiger charge is -2.13. The molecule has 1 atom stereocenters. The van der Waals surface area contributed by atoms with E-state index in [1.165, 1.54) is 6.08 Å². The second-order valence-corrected chi connectivity index (χ2v) is 4.14. The van der Waals surface area contributed by atoms with Gasteiger partial charge in [-0.1, -0.05) is 24.8 Å². The van der Waals surface area contributed by atoms with Gasteiger partial charge in [-0.25, -0.2) is 9.59 Å². The van der Waals surface area contributed by atoms with Crippen LogP contribution in [0.2, 0.25) is 0 Å². The summed E-state index contributed by atoms with van der Waals surface area (Å²) in [6.45, 7) is 5.47. The van der Waals surface area contributed by atoms with Crippen LogP contribution in [0, 0.1) is 0 Å². The SMILES string of the molecule is C=CCOC(=O)NC(C)Cc1ccc(C(=O)O)cc1. The third kappa shape index (κ3) is 5.25. The van der Waals surface area contributed by atoms with Crippen LogP contribution in [0.4, 0.5) is 4.79 Å². The average molecular weight is 263 g/mol. The molecule has 102 valence electrons. The summed E-state index contributed by atoms with van der Waals surface area (Å²) >= 11 is 0. The number of hydrogen-bond donors (Lipinski definition) is 2. The third-order valence-electron chi connectivity index (χ3n) is 2.44. The molecule has 0 aromatic heterocycles. The minimum absolute atomic E-state index is 0.104. The molecule has 1 aromatic carbocycles. The summed E-state index contributed by atoms with van der Waals surface area (Å²) in [4.78, 5) is 22.0. The van der Waals surface area contributed by atoms with E-state index in [-0.39, 0.29) is 18.2 Å². The Morgan fingerprint density at radius 2 is 2.05 bits per heavy atom. The molecule has 0 aliphatic rings. The van der Waals surface area contributed by atoms with Gasteiger partial charge in [-0.15, -0.1) is 0 Å². The van der Waals surface area contributed by atoms with E-state index in [0.29, 0.717) is 6.42 Å². The number of nitrogens with one attached hydrogen (secondary N) is 1. The third-order valence-corrected chi connectivity index (χ3v) is 2.44. The van der Waals surface area contributed by atoms with Gasteiger partial charge in [-0.3, -0.25) is 0 Å². The largest absolute Gasteiger partial charge is 0.478 e. The van der Waals surface area contributed by atoms with Gasteiger partial charge in [0.05, 0.1) is 5.56 Å². The monoisotopic (exact) mass is 263 g/mol. The van der Waals surface area contributed by atoms with Crippen LogP contribution in [0.3, 0.4) is 0 Å². The van der Waals surface area contributed by atoms with Gasteiger partial charge in [-0.05, 0) is 31.0 Å². The smallest absolute Gasteiger partial charge is 0.407 e. The summed E-state index contributed by atoms with van der Waals surface area (Å²) in [6, 6.07) is 6.45. The molecule has 1 amide bonds. The molecule has 5 nitrogen and oxygen atoms in total. The van der Waals surface area contributed by atoms with Gasteiger partial charge in [0.15, 0.2) is 0 Å². The number of aromatic carboxylic acids is 1. The zero-order valence-electron chi connectivity index (χ0n) is 10.8. The molecular formula is C14H17NO4. The van der Waals surface area contributed by atoms with Crippen LogP contribution in [-0.2, 0) is 11.2 Å². The normalized spacial score (nSPS) is 11.4. The molecule has 2 N–H and O–H groups in total. The Morgan fingerprint density at radius 3 is 2.58 bits per heavy atom. The van der Waals surface area contributed by atoms with Crippen LogP contribution in [0.15, 0.2) is 36.9 Å². The molecule has 0 heterocycles. The molecule has 0 fully saturated rings. The van der Waals surface area contributed by atoms with Gasteiger partial charge in [0.1, 0.15) is 6.61 Å². The van der Waals surface area contributed by atoms with Crippen molar-refractivity contribution in [1.82, 2.24) is 5.32 Å². The van der Waals surface area contributed by atoms with E-state index in [0.717, 1.165) is 5.56 Å². The molecule has 0 radical (unpaired) electrons. The van der Waals surface area contributed by atoms with Crippen LogP contribution in [-0.4, -0.2) is 29.8 Å². The first kappa shape index (κ1) is 14.8. The van der Waals surface area contributed by atoms with Gasteiger partial charge < -0.3 is 15.2 Å². The number of hydrogen-bond acceptors (Lipinski definition) is 3. The van der Waals surface area contributed by atoms with Crippen molar-refractivity contribution in [3.8, 4) is 0 Å². The van der Waals surface area contributed by atoms with E-state index < -0.39 is 12.1 Å². The summed E-state index contributed by atoms with van der Waals surface area (Å²) in [7, 11) is 0. The van der Waals surface area contributed by atoms with Crippen molar-refractivity contribution in [2.45, 2.75) is 19.4 Å². The van der Waals surface area contributed by atoms with E-state index in [9.17, 15) is 9.59 Å². The number of rotatable bonds is 6. The molecule has 1 rings (SSSR count). The summed E-state index contributed by atoms with van der Waals surface area (Å²) in [5, 5.41) is 11.5. The van der Waals surface area contributed by atoms with Crippen molar-refractivity contribution < 1.29 is 19.4 Å². The maximum Gasteiger partial charge on any atom is 0.407 e.